The fraction of sp³-hybridized carbons (Fsp3) is 0.727. The normalized spacial score (nSPS) is 19.3. The Morgan fingerprint density at radius 2 is 1.74 bits per heavy atom. The van der Waals surface area contributed by atoms with Crippen molar-refractivity contribution < 1.29 is 37.2 Å². The summed E-state index contributed by atoms with van der Waals surface area (Å²) < 4.78 is 44.2. The second-order valence-corrected chi connectivity index (χ2v) is 9.35. The van der Waals surface area contributed by atoms with E-state index in [-0.39, 0.29) is 24.4 Å². The summed E-state index contributed by atoms with van der Waals surface area (Å²) in [7, 11) is 0. The van der Waals surface area contributed by atoms with Crippen LogP contribution in [0.4, 0.5) is 13.2 Å². The molecule has 1 aliphatic rings. The first-order valence-electron chi connectivity index (χ1n) is 11.3. The number of carbonyl (C=O) groups is 3. The van der Waals surface area contributed by atoms with Gasteiger partial charge in [-0.2, -0.15) is 13.2 Å². The summed E-state index contributed by atoms with van der Waals surface area (Å²) in [5, 5.41) is 18.4. The van der Waals surface area contributed by atoms with Gasteiger partial charge in [0, 0.05) is 6.54 Å². The van der Waals surface area contributed by atoms with Gasteiger partial charge in [0.25, 0.3) is 5.91 Å². The highest BCUT2D eigenvalue weighted by atomic mass is 19.4. The zero-order valence-corrected chi connectivity index (χ0v) is 20.2. The van der Waals surface area contributed by atoms with Crippen LogP contribution in [-0.2, 0) is 9.59 Å². The number of carbonyl (C=O) groups excluding carboxylic acids is 3. The zero-order valence-electron chi connectivity index (χ0n) is 20.2. The molecule has 1 aliphatic heterocycles. The number of aliphatic hydroxyl groups is 1. The third-order valence-electron chi connectivity index (χ3n) is 6.02. The average Bonchev–Trinajstić information content (AvgIpc) is 3.34. The number of likely N-dealkylation sites (tertiary alicyclic amines) is 1. The Morgan fingerprint density at radius 3 is 2.21 bits per heavy atom. The van der Waals surface area contributed by atoms with Gasteiger partial charge in [-0.3, -0.25) is 14.4 Å². The molecule has 192 valence electrons. The third kappa shape index (κ3) is 6.08. The van der Waals surface area contributed by atoms with E-state index >= 15 is 0 Å². The van der Waals surface area contributed by atoms with E-state index < -0.39 is 54.0 Å². The summed E-state index contributed by atoms with van der Waals surface area (Å²) in [6.07, 6.45) is -6.91. The summed E-state index contributed by atoms with van der Waals surface area (Å²) in [5.41, 5.74) is 0.585. The van der Waals surface area contributed by atoms with E-state index in [2.05, 4.69) is 15.8 Å². The van der Waals surface area contributed by atoms with Gasteiger partial charge in [0.2, 0.25) is 11.8 Å². The Labute approximate surface area is 196 Å². The van der Waals surface area contributed by atoms with Gasteiger partial charge in [-0.15, -0.1) is 0 Å². The summed E-state index contributed by atoms with van der Waals surface area (Å²) in [6, 6.07) is -3.55. The van der Waals surface area contributed by atoms with E-state index in [9.17, 15) is 32.7 Å². The molecule has 12 heteroatoms. The minimum Gasteiger partial charge on any atom is -0.382 e. The molecule has 0 bridgehead atoms. The van der Waals surface area contributed by atoms with Gasteiger partial charge in [0.15, 0.2) is 6.10 Å². The standard InChI is InChI=1S/C22H33F3N4O5/c1-10(2)16(18(30)22(23,24)25)26-19(31)14-8-7-9-29(14)21(33)17(11(3)4)27-20(32)15-12(5)28-34-13(15)6/h10-11,14,16-18,30H,7-9H2,1-6H3,(H,26,31)(H,27,32). The molecule has 0 aliphatic carbocycles. The molecule has 3 N–H and O–H groups in total. The van der Waals surface area contributed by atoms with Gasteiger partial charge in [-0.05, 0) is 38.5 Å². The number of nitrogens with one attached hydrogen (secondary N) is 2. The minimum absolute atomic E-state index is 0.218. The lowest BCUT2D eigenvalue weighted by molar-refractivity contribution is -0.215. The zero-order chi connectivity index (χ0) is 26.0. The third-order valence-corrected chi connectivity index (χ3v) is 6.02. The lowest BCUT2D eigenvalue weighted by Gasteiger charge is -2.33. The van der Waals surface area contributed by atoms with Crippen molar-refractivity contribution in [3.63, 3.8) is 0 Å². The molecule has 9 nitrogen and oxygen atoms in total. The Morgan fingerprint density at radius 1 is 1.12 bits per heavy atom. The first-order chi connectivity index (χ1) is 15.7. The molecule has 0 saturated carbocycles. The van der Waals surface area contributed by atoms with Crippen molar-refractivity contribution in [1.29, 1.82) is 0 Å². The minimum atomic E-state index is -4.90. The van der Waals surface area contributed by atoms with Crippen LogP contribution in [0.3, 0.4) is 0 Å². The van der Waals surface area contributed by atoms with Gasteiger partial charge >= 0.3 is 6.18 Å². The van der Waals surface area contributed by atoms with Crippen molar-refractivity contribution >= 4 is 17.7 Å². The van der Waals surface area contributed by atoms with Crippen molar-refractivity contribution in [2.75, 3.05) is 6.54 Å². The van der Waals surface area contributed by atoms with E-state index in [1.807, 2.05) is 0 Å². The van der Waals surface area contributed by atoms with Gasteiger partial charge in [-0.1, -0.05) is 32.9 Å². The van der Waals surface area contributed by atoms with Crippen LogP contribution in [-0.4, -0.2) is 69.8 Å². The number of aliphatic hydroxyl groups excluding tert-OH is 1. The van der Waals surface area contributed by atoms with Crippen LogP contribution >= 0.6 is 0 Å². The molecular formula is C22H33F3N4O5. The lowest BCUT2D eigenvalue weighted by Crippen LogP contribution is -2.59. The Hall–Kier alpha value is -2.63. The van der Waals surface area contributed by atoms with Crippen LogP contribution in [0.2, 0.25) is 0 Å². The number of aryl methyl sites for hydroxylation is 2. The second-order valence-electron chi connectivity index (χ2n) is 9.35. The molecule has 4 atom stereocenters. The van der Waals surface area contributed by atoms with Crippen molar-refractivity contribution in [2.24, 2.45) is 11.8 Å². The van der Waals surface area contributed by atoms with Gasteiger partial charge < -0.3 is 25.2 Å². The number of alkyl halides is 3. The number of nitrogens with zero attached hydrogens (tertiary/aromatic N) is 2. The number of amides is 3. The molecule has 1 aromatic rings. The molecule has 0 radical (unpaired) electrons. The molecule has 4 unspecified atom stereocenters. The highest BCUT2D eigenvalue weighted by molar-refractivity contribution is 5.99. The van der Waals surface area contributed by atoms with Crippen molar-refractivity contribution in [3.8, 4) is 0 Å². The van der Waals surface area contributed by atoms with Crippen molar-refractivity contribution in [2.45, 2.75) is 84.8 Å². The Bertz CT molecular complexity index is 880. The van der Waals surface area contributed by atoms with Crippen molar-refractivity contribution in [1.82, 2.24) is 20.7 Å². The maximum Gasteiger partial charge on any atom is 0.416 e. The smallest absolute Gasteiger partial charge is 0.382 e. The predicted octanol–water partition coefficient (Wildman–Crippen LogP) is 2.10. The van der Waals surface area contributed by atoms with Gasteiger partial charge in [0.05, 0.1) is 11.7 Å². The lowest BCUT2D eigenvalue weighted by atomic mass is 9.97. The van der Waals surface area contributed by atoms with Crippen molar-refractivity contribution in [3.05, 3.63) is 17.0 Å². The van der Waals surface area contributed by atoms with Crippen LogP contribution in [0.15, 0.2) is 4.52 Å². The fourth-order valence-electron chi connectivity index (χ4n) is 4.09. The first kappa shape index (κ1) is 27.6. The fourth-order valence-corrected chi connectivity index (χ4v) is 4.09. The first-order valence-corrected chi connectivity index (χ1v) is 11.3. The van der Waals surface area contributed by atoms with E-state index in [0.717, 1.165) is 0 Å². The number of halogens is 3. The van der Waals surface area contributed by atoms with Crippen LogP contribution in [0.5, 0.6) is 0 Å². The Kier molecular flexibility index (Phi) is 8.73. The maximum absolute atomic E-state index is 13.4. The van der Waals surface area contributed by atoms with Gasteiger partial charge in [0.1, 0.15) is 23.4 Å². The van der Waals surface area contributed by atoms with Crippen LogP contribution in [0.1, 0.15) is 62.3 Å². The molecule has 2 rings (SSSR count). The molecule has 2 heterocycles. The SMILES string of the molecule is Cc1noc(C)c1C(=O)NC(C(=O)N1CCCC1C(=O)NC(C(C)C)C(O)C(F)(F)F)C(C)C. The largest absolute Gasteiger partial charge is 0.416 e. The molecule has 1 aromatic heterocycles. The van der Waals surface area contributed by atoms with E-state index in [0.29, 0.717) is 17.9 Å². The molecule has 0 aromatic carbocycles. The molecule has 0 spiro atoms. The van der Waals surface area contributed by atoms with E-state index in [1.54, 1.807) is 27.7 Å². The topological polar surface area (TPSA) is 125 Å². The molecule has 34 heavy (non-hydrogen) atoms. The summed E-state index contributed by atoms with van der Waals surface area (Å²) >= 11 is 0. The highest BCUT2D eigenvalue weighted by Gasteiger charge is 2.47. The molecular weight excluding hydrogens is 457 g/mol. The summed E-state index contributed by atoms with van der Waals surface area (Å²) in [5.74, 6) is -2.57. The number of hydrogen-bond donors (Lipinski definition) is 3. The van der Waals surface area contributed by atoms with Crippen LogP contribution < -0.4 is 10.6 Å². The number of hydrogen-bond acceptors (Lipinski definition) is 6. The maximum atomic E-state index is 13.4. The second kappa shape index (κ2) is 10.7. The van der Waals surface area contributed by atoms with E-state index in [1.165, 1.54) is 18.7 Å². The van der Waals surface area contributed by atoms with Crippen LogP contribution in [0, 0.1) is 25.7 Å². The predicted molar refractivity (Wildman–Crippen MR) is 116 cm³/mol. The summed E-state index contributed by atoms with van der Waals surface area (Å²) in [4.78, 5) is 40.3. The molecule has 3 amide bonds. The van der Waals surface area contributed by atoms with Gasteiger partial charge in [-0.25, -0.2) is 0 Å². The monoisotopic (exact) mass is 490 g/mol. The molecule has 1 saturated heterocycles. The summed E-state index contributed by atoms with van der Waals surface area (Å²) in [6.45, 7) is 9.76. The average molecular weight is 491 g/mol. The number of rotatable bonds is 8. The van der Waals surface area contributed by atoms with E-state index in [4.69, 9.17) is 4.52 Å². The Balaban J connectivity index is 2.19. The highest BCUT2D eigenvalue weighted by Crippen LogP contribution is 2.27. The number of aromatic nitrogens is 1. The molecule has 1 fully saturated rings. The van der Waals surface area contributed by atoms with Crippen LogP contribution in [0.25, 0.3) is 0 Å². The quantitative estimate of drug-likeness (QED) is 0.513.